The van der Waals surface area contributed by atoms with E-state index in [2.05, 4.69) is 10.3 Å². The molecule has 3 nitrogen and oxygen atoms in total. The molecule has 0 saturated heterocycles. The van der Waals surface area contributed by atoms with Crippen LogP contribution in [0, 0.1) is 0 Å². The minimum Gasteiger partial charge on any atom is -0.370 e. The Balaban J connectivity index is 1.92. The molecule has 0 spiro atoms. The van der Waals surface area contributed by atoms with Gasteiger partial charge in [-0.2, -0.15) is 13.2 Å². The fraction of sp³-hybridized carbons (Fsp3) is 0.562. The predicted molar refractivity (Wildman–Crippen MR) is 81.4 cm³/mol. The van der Waals surface area contributed by atoms with Crippen LogP contribution in [0.3, 0.4) is 0 Å². The summed E-state index contributed by atoms with van der Waals surface area (Å²) in [6, 6.07) is 5.51. The molecule has 0 atom stereocenters. The first-order valence-corrected chi connectivity index (χ1v) is 7.68. The summed E-state index contributed by atoms with van der Waals surface area (Å²) < 4.78 is 37.9. The number of nitrogens with one attached hydrogen (secondary N) is 1. The molecule has 0 aromatic heterocycles. The van der Waals surface area contributed by atoms with E-state index in [9.17, 15) is 13.2 Å². The van der Waals surface area contributed by atoms with Crippen molar-refractivity contribution >= 4 is 5.96 Å². The molecule has 1 fully saturated rings. The van der Waals surface area contributed by atoms with Crippen LogP contribution < -0.4 is 11.1 Å². The maximum Gasteiger partial charge on any atom is 0.416 e. The Labute approximate surface area is 128 Å². The van der Waals surface area contributed by atoms with Crippen LogP contribution in [0.4, 0.5) is 13.2 Å². The van der Waals surface area contributed by atoms with Gasteiger partial charge in [-0.3, -0.25) is 0 Å². The van der Waals surface area contributed by atoms with Gasteiger partial charge in [-0.25, -0.2) is 4.99 Å². The Kier molecular flexibility index (Phi) is 5.69. The van der Waals surface area contributed by atoms with Gasteiger partial charge < -0.3 is 11.1 Å². The van der Waals surface area contributed by atoms with E-state index in [4.69, 9.17) is 5.73 Å². The zero-order valence-corrected chi connectivity index (χ0v) is 12.5. The maximum atomic E-state index is 12.6. The third-order valence-electron chi connectivity index (χ3n) is 3.89. The van der Waals surface area contributed by atoms with Crippen molar-refractivity contribution in [2.45, 2.75) is 57.3 Å². The van der Waals surface area contributed by atoms with Gasteiger partial charge in [0.1, 0.15) is 0 Å². The quantitative estimate of drug-likeness (QED) is 0.506. The van der Waals surface area contributed by atoms with Gasteiger partial charge in [-0.1, -0.05) is 37.8 Å². The number of halogens is 3. The summed E-state index contributed by atoms with van der Waals surface area (Å²) in [5.41, 5.74) is 5.69. The fourth-order valence-electron chi connectivity index (χ4n) is 2.70. The van der Waals surface area contributed by atoms with Crippen LogP contribution in [-0.4, -0.2) is 12.0 Å². The van der Waals surface area contributed by atoms with Gasteiger partial charge in [-0.05, 0) is 30.5 Å². The number of alkyl halides is 3. The van der Waals surface area contributed by atoms with Crippen molar-refractivity contribution in [3.05, 3.63) is 35.4 Å². The van der Waals surface area contributed by atoms with Crippen LogP contribution in [0.2, 0.25) is 0 Å². The van der Waals surface area contributed by atoms with E-state index in [0.29, 0.717) is 17.6 Å². The monoisotopic (exact) mass is 313 g/mol. The van der Waals surface area contributed by atoms with Crippen LogP contribution in [0.15, 0.2) is 29.3 Å². The molecule has 0 heterocycles. The number of nitrogens with zero attached hydrogens (tertiary/aromatic N) is 1. The molecule has 6 heteroatoms. The highest BCUT2D eigenvalue weighted by molar-refractivity contribution is 5.78. The molecule has 122 valence electrons. The van der Waals surface area contributed by atoms with Crippen molar-refractivity contribution in [3.8, 4) is 0 Å². The van der Waals surface area contributed by atoms with Crippen molar-refractivity contribution < 1.29 is 13.2 Å². The molecule has 0 unspecified atom stereocenters. The van der Waals surface area contributed by atoms with Crippen molar-refractivity contribution in [3.63, 3.8) is 0 Å². The molecule has 0 radical (unpaired) electrons. The lowest BCUT2D eigenvalue weighted by atomic mass is 10.1. The molecule has 3 N–H and O–H groups in total. The predicted octanol–water partition coefficient (Wildman–Crippen LogP) is 3.83. The van der Waals surface area contributed by atoms with Gasteiger partial charge in [0.2, 0.25) is 0 Å². The fourth-order valence-corrected chi connectivity index (χ4v) is 2.70. The molecule has 1 aliphatic rings. The summed E-state index contributed by atoms with van der Waals surface area (Å²) in [5.74, 6) is 0.310. The lowest BCUT2D eigenvalue weighted by molar-refractivity contribution is -0.137. The second-order valence-corrected chi connectivity index (χ2v) is 5.73. The number of rotatable bonds is 3. The summed E-state index contributed by atoms with van der Waals surface area (Å²) in [4.78, 5) is 4.16. The van der Waals surface area contributed by atoms with Crippen molar-refractivity contribution in [1.82, 2.24) is 5.32 Å². The average molecular weight is 313 g/mol. The Morgan fingerprint density at radius 3 is 2.50 bits per heavy atom. The number of aliphatic imine (C=N–C) groups is 1. The van der Waals surface area contributed by atoms with Crippen molar-refractivity contribution in [2.24, 2.45) is 10.7 Å². The Morgan fingerprint density at radius 1 is 1.18 bits per heavy atom. The summed E-state index contributed by atoms with van der Waals surface area (Å²) in [6.45, 7) is 0.148. The van der Waals surface area contributed by atoms with E-state index in [1.165, 1.54) is 31.7 Å². The third-order valence-corrected chi connectivity index (χ3v) is 3.89. The minimum absolute atomic E-state index is 0.148. The summed E-state index contributed by atoms with van der Waals surface area (Å²) in [6.07, 6.45) is 2.67. The van der Waals surface area contributed by atoms with E-state index in [-0.39, 0.29) is 6.54 Å². The summed E-state index contributed by atoms with van der Waals surface area (Å²) in [7, 11) is 0. The molecule has 1 aromatic carbocycles. The van der Waals surface area contributed by atoms with Crippen LogP contribution in [0.5, 0.6) is 0 Å². The van der Waals surface area contributed by atoms with Gasteiger partial charge in [0.05, 0.1) is 12.1 Å². The molecule has 2 rings (SSSR count). The first-order valence-electron chi connectivity index (χ1n) is 7.68. The second-order valence-electron chi connectivity index (χ2n) is 5.73. The average Bonchev–Trinajstić information content (AvgIpc) is 2.73. The largest absolute Gasteiger partial charge is 0.416 e. The van der Waals surface area contributed by atoms with E-state index >= 15 is 0 Å². The Hall–Kier alpha value is -1.72. The molecular weight excluding hydrogens is 291 g/mol. The second kappa shape index (κ2) is 7.51. The maximum absolute atomic E-state index is 12.6. The first-order chi connectivity index (χ1) is 10.4. The van der Waals surface area contributed by atoms with Gasteiger partial charge in [0, 0.05) is 6.04 Å². The minimum atomic E-state index is -4.33. The van der Waals surface area contributed by atoms with Crippen molar-refractivity contribution in [2.75, 3.05) is 0 Å². The smallest absolute Gasteiger partial charge is 0.370 e. The van der Waals surface area contributed by atoms with Gasteiger partial charge in [0.15, 0.2) is 5.96 Å². The van der Waals surface area contributed by atoms with Crippen LogP contribution in [0.1, 0.15) is 49.7 Å². The summed E-state index contributed by atoms with van der Waals surface area (Å²) >= 11 is 0. The number of hydrogen-bond donors (Lipinski definition) is 2. The molecular formula is C16H22F3N3. The zero-order chi connectivity index (χ0) is 16.0. The van der Waals surface area contributed by atoms with Gasteiger partial charge in [-0.15, -0.1) is 0 Å². The highest BCUT2D eigenvalue weighted by atomic mass is 19.4. The van der Waals surface area contributed by atoms with E-state index in [1.54, 1.807) is 6.07 Å². The normalized spacial score (nSPS) is 18.0. The standard InChI is InChI=1S/C16H22F3N3/c17-16(18,19)13-7-5-6-12(10-13)11-21-15(20)22-14-8-3-1-2-4-9-14/h5-7,10,14H,1-4,8-9,11H2,(H3,20,21,22). The molecule has 1 saturated carbocycles. The third kappa shape index (κ3) is 5.24. The Morgan fingerprint density at radius 2 is 1.86 bits per heavy atom. The number of benzene rings is 1. The first kappa shape index (κ1) is 16.6. The highest BCUT2D eigenvalue weighted by Crippen LogP contribution is 2.29. The van der Waals surface area contributed by atoms with E-state index < -0.39 is 11.7 Å². The molecule has 1 aromatic rings. The van der Waals surface area contributed by atoms with Gasteiger partial charge in [0.25, 0.3) is 0 Å². The van der Waals surface area contributed by atoms with Crippen molar-refractivity contribution in [1.29, 1.82) is 0 Å². The molecule has 0 bridgehead atoms. The lowest BCUT2D eigenvalue weighted by Crippen LogP contribution is -2.39. The highest BCUT2D eigenvalue weighted by Gasteiger charge is 2.30. The topological polar surface area (TPSA) is 50.4 Å². The molecule has 0 amide bonds. The van der Waals surface area contributed by atoms with Gasteiger partial charge >= 0.3 is 6.18 Å². The van der Waals surface area contributed by atoms with Crippen LogP contribution in [-0.2, 0) is 12.7 Å². The SMILES string of the molecule is NC(=NCc1cccc(C(F)(F)F)c1)NC1CCCCCC1. The number of nitrogens with two attached hydrogens (primary N) is 1. The lowest BCUT2D eigenvalue weighted by Gasteiger charge is -2.16. The molecule has 22 heavy (non-hydrogen) atoms. The Bertz CT molecular complexity index is 504. The number of guanidine groups is 1. The van der Waals surface area contributed by atoms with E-state index in [1.807, 2.05) is 0 Å². The molecule has 0 aliphatic heterocycles. The zero-order valence-electron chi connectivity index (χ0n) is 12.5. The van der Waals surface area contributed by atoms with Crippen LogP contribution >= 0.6 is 0 Å². The molecule has 1 aliphatic carbocycles. The van der Waals surface area contributed by atoms with Crippen LogP contribution in [0.25, 0.3) is 0 Å². The van der Waals surface area contributed by atoms with E-state index in [0.717, 1.165) is 25.0 Å². The summed E-state index contributed by atoms with van der Waals surface area (Å²) in [5, 5.41) is 3.18. The number of hydrogen-bond acceptors (Lipinski definition) is 1.